The molecular formula is C17H28N3O3S+. The fourth-order valence-electron chi connectivity index (χ4n) is 3.13. The highest BCUT2D eigenvalue weighted by atomic mass is 32.2. The van der Waals surface area contributed by atoms with Crippen LogP contribution in [0, 0.1) is 0 Å². The number of quaternary nitrogens is 1. The topological polar surface area (TPSA) is 93.7 Å². The van der Waals surface area contributed by atoms with E-state index in [1.807, 2.05) is 6.92 Å². The smallest absolute Gasteiger partial charge is 0.275 e. The van der Waals surface area contributed by atoms with E-state index in [2.05, 4.69) is 5.32 Å². The lowest BCUT2D eigenvalue weighted by molar-refractivity contribution is -0.893. The summed E-state index contributed by atoms with van der Waals surface area (Å²) < 4.78 is 22.5. The lowest BCUT2D eigenvalue weighted by Gasteiger charge is -2.22. The summed E-state index contributed by atoms with van der Waals surface area (Å²) in [6.07, 6.45) is 6.21. The number of sulfonamides is 1. The predicted octanol–water partition coefficient (Wildman–Crippen LogP) is 0.360. The van der Waals surface area contributed by atoms with Gasteiger partial charge in [-0.05, 0) is 50.3 Å². The summed E-state index contributed by atoms with van der Waals surface area (Å²) in [6, 6.07) is 6.15. The van der Waals surface area contributed by atoms with E-state index in [1.165, 1.54) is 49.1 Å². The minimum Gasteiger partial charge on any atom is -0.345 e. The van der Waals surface area contributed by atoms with Gasteiger partial charge in [0.05, 0.1) is 24.0 Å². The third-order valence-corrected chi connectivity index (χ3v) is 5.49. The van der Waals surface area contributed by atoms with Gasteiger partial charge in [0.25, 0.3) is 5.91 Å². The van der Waals surface area contributed by atoms with Gasteiger partial charge in [-0.2, -0.15) is 0 Å². The van der Waals surface area contributed by atoms with E-state index < -0.39 is 10.0 Å². The number of carbonyl (C=O) groups excluding carboxylic acids is 1. The zero-order chi connectivity index (χ0) is 17.6. The van der Waals surface area contributed by atoms with Gasteiger partial charge in [0, 0.05) is 0 Å². The van der Waals surface area contributed by atoms with Gasteiger partial charge in [-0.3, -0.25) is 4.79 Å². The number of primary sulfonamides is 1. The molecule has 1 saturated heterocycles. The molecule has 0 saturated carbocycles. The second kappa shape index (κ2) is 8.60. The van der Waals surface area contributed by atoms with Crippen molar-refractivity contribution in [3.63, 3.8) is 0 Å². The first kappa shape index (κ1) is 18.9. The number of nitrogens with two attached hydrogens (primary N) is 1. The Kier molecular flexibility index (Phi) is 6.77. The van der Waals surface area contributed by atoms with Gasteiger partial charge in [-0.25, -0.2) is 13.6 Å². The van der Waals surface area contributed by atoms with Crippen molar-refractivity contribution in [1.29, 1.82) is 0 Å². The van der Waals surface area contributed by atoms with Crippen molar-refractivity contribution in [2.75, 3.05) is 19.6 Å². The molecule has 6 nitrogen and oxygen atoms in total. The van der Waals surface area contributed by atoms with Crippen molar-refractivity contribution in [2.45, 2.75) is 50.0 Å². The van der Waals surface area contributed by atoms with Crippen LogP contribution >= 0.6 is 0 Å². The predicted molar refractivity (Wildman–Crippen MR) is 93.0 cm³/mol. The second-order valence-electron chi connectivity index (χ2n) is 6.60. The van der Waals surface area contributed by atoms with Crippen LogP contribution in [0.15, 0.2) is 29.2 Å². The maximum absolute atomic E-state index is 12.3. The summed E-state index contributed by atoms with van der Waals surface area (Å²) >= 11 is 0. The van der Waals surface area contributed by atoms with Gasteiger partial charge in [0.1, 0.15) is 0 Å². The number of hydrogen-bond acceptors (Lipinski definition) is 3. The van der Waals surface area contributed by atoms with E-state index in [9.17, 15) is 13.2 Å². The first-order valence-corrected chi connectivity index (χ1v) is 10.2. The van der Waals surface area contributed by atoms with Gasteiger partial charge in [-0.15, -0.1) is 0 Å². The number of amides is 1. The van der Waals surface area contributed by atoms with E-state index in [4.69, 9.17) is 5.14 Å². The molecule has 0 bridgehead atoms. The Labute approximate surface area is 144 Å². The molecule has 1 amide bonds. The maximum Gasteiger partial charge on any atom is 0.275 e. The Hall–Kier alpha value is -1.44. The van der Waals surface area contributed by atoms with Crippen LogP contribution in [0.3, 0.4) is 0 Å². The Morgan fingerprint density at radius 3 is 2.21 bits per heavy atom. The molecule has 0 unspecified atom stereocenters. The standard InChI is InChI=1S/C17H27N3O3S/c1-14(15-7-9-16(10-8-15)24(18,22)23)19-17(21)13-20-11-5-3-2-4-6-12-20/h7-10,14H,2-6,11-13H2,1H3,(H,19,21)(H2,18,22,23)/p+1/t14-/m0/s1. The molecule has 7 heteroatoms. The molecule has 0 aromatic heterocycles. The molecule has 1 aromatic carbocycles. The minimum absolute atomic E-state index is 0.0357. The summed E-state index contributed by atoms with van der Waals surface area (Å²) in [4.78, 5) is 13.7. The van der Waals surface area contributed by atoms with Crippen LogP contribution in [0.1, 0.15) is 50.6 Å². The Morgan fingerprint density at radius 2 is 1.67 bits per heavy atom. The molecule has 0 spiro atoms. The van der Waals surface area contributed by atoms with Gasteiger partial charge in [-0.1, -0.05) is 18.6 Å². The van der Waals surface area contributed by atoms with Gasteiger partial charge in [0.15, 0.2) is 6.54 Å². The van der Waals surface area contributed by atoms with Crippen molar-refractivity contribution < 1.29 is 18.1 Å². The summed E-state index contributed by atoms with van der Waals surface area (Å²) in [5, 5.41) is 8.09. The number of nitrogens with one attached hydrogen (secondary N) is 2. The normalized spacial score (nSPS) is 18.4. The average Bonchev–Trinajstić information content (AvgIpc) is 2.49. The molecule has 1 aliphatic rings. The van der Waals surface area contributed by atoms with E-state index in [-0.39, 0.29) is 16.8 Å². The van der Waals surface area contributed by atoms with Crippen LogP contribution < -0.4 is 15.4 Å². The molecule has 1 fully saturated rings. The van der Waals surface area contributed by atoms with Crippen molar-refractivity contribution in [3.05, 3.63) is 29.8 Å². The minimum atomic E-state index is -3.68. The summed E-state index contributed by atoms with van der Waals surface area (Å²) in [5.41, 5.74) is 0.860. The third kappa shape index (κ3) is 5.89. The van der Waals surface area contributed by atoms with Crippen molar-refractivity contribution in [3.8, 4) is 0 Å². The average molecular weight is 354 g/mol. The fourth-order valence-corrected chi connectivity index (χ4v) is 3.65. The highest BCUT2D eigenvalue weighted by molar-refractivity contribution is 7.89. The highest BCUT2D eigenvalue weighted by Crippen LogP contribution is 2.15. The van der Waals surface area contributed by atoms with E-state index in [0.717, 1.165) is 18.7 Å². The van der Waals surface area contributed by atoms with Crippen LogP contribution in [0.25, 0.3) is 0 Å². The number of likely N-dealkylation sites (tertiary alicyclic amines) is 1. The molecular weight excluding hydrogens is 326 g/mol. The van der Waals surface area contributed by atoms with Gasteiger partial charge < -0.3 is 10.2 Å². The van der Waals surface area contributed by atoms with Gasteiger partial charge >= 0.3 is 0 Å². The lowest BCUT2D eigenvalue weighted by atomic mass is 10.1. The monoisotopic (exact) mass is 354 g/mol. The first-order chi connectivity index (χ1) is 11.4. The summed E-state index contributed by atoms with van der Waals surface area (Å²) in [6.45, 7) is 4.52. The van der Waals surface area contributed by atoms with Crippen LogP contribution in [0.2, 0.25) is 0 Å². The number of rotatable bonds is 5. The highest BCUT2D eigenvalue weighted by Gasteiger charge is 2.18. The molecule has 1 atom stereocenters. The number of carbonyl (C=O) groups is 1. The fraction of sp³-hybridized carbons (Fsp3) is 0.588. The Balaban J connectivity index is 1.88. The van der Waals surface area contributed by atoms with Crippen molar-refractivity contribution in [2.24, 2.45) is 5.14 Å². The molecule has 0 radical (unpaired) electrons. The number of benzene rings is 1. The van der Waals surface area contributed by atoms with Crippen molar-refractivity contribution >= 4 is 15.9 Å². The molecule has 1 heterocycles. The summed E-state index contributed by atoms with van der Waals surface area (Å²) in [5.74, 6) is 0.0357. The second-order valence-corrected chi connectivity index (χ2v) is 8.16. The largest absolute Gasteiger partial charge is 0.345 e. The maximum atomic E-state index is 12.3. The third-order valence-electron chi connectivity index (χ3n) is 4.56. The first-order valence-electron chi connectivity index (χ1n) is 8.62. The Bertz CT molecular complexity index is 636. The zero-order valence-electron chi connectivity index (χ0n) is 14.3. The van der Waals surface area contributed by atoms with E-state index >= 15 is 0 Å². The van der Waals surface area contributed by atoms with Crippen molar-refractivity contribution in [1.82, 2.24) is 5.32 Å². The molecule has 2 rings (SSSR count). The van der Waals surface area contributed by atoms with Crippen LogP contribution in [0.4, 0.5) is 0 Å². The van der Waals surface area contributed by atoms with E-state index in [0.29, 0.717) is 6.54 Å². The van der Waals surface area contributed by atoms with E-state index in [1.54, 1.807) is 12.1 Å². The Morgan fingerprint density at radius 1 is 1.12 bits per heavy atom. The lowest BCUT2D eigenvalue weighted by Crippen LogP contribution is -3.13. The molecule has 1 aromatic rings. The van der Waals surface area contributed by atoms with Crippen LogP contribution in [-0.2, 0) is 14.8 Å². The van der Waals surface area contributed by atoms with Crippen LogP contribution in [0.5, 0.6) is 0 Å². The molecule has 0 aliphatic carbocycles. The molecule has 1 aliphatic heterocycles. The quantitative estimate of drug-likeness (QED) is 0.713. The van der Waals surface area contributed by atoms with Gasteiger partial charge in [0.2, 0.25) is 10.0 Å². The SMILES string of the molecule is C[C@H](NC(=O)C[NH+]1CCCCCCC1)c1ccc(S(N)(=O)=O)cc1. The zero-order valence-corrected chi connectivity index (χ0v) is 15.1. The molecule has 4 N–H and O–H groups in total. The molecule has 134 valence electrons. The summed E-state index contributed by atoms with van der Waals surface area (Å²) in [7, 11) is -3.68. The molecule has 24 heavy (non-hydrogen) atoms. The van der Waals surface area contributed by atoms with Crippen LogP contribution in [-0.4, -0.2) is 34.0 Å². The number of hydrogen-bond donors (Lipinski definition) is 3.